The Bertz CT molecular complexity index is 1020. The largest absolute Gasteiger partial charge is 0.456 e. The lowest BCUT2D eigenvalue weighted by molar-refractivity contribution is -0.386. The summed E-state index contributed by atoms with van der Waals surface area (Å²) >= 11 is 5.83. The smallest absolute Gasteiger partial charge is 0.416 e. The highest BCUT2D eigenvalue weighted by atomic mass is 35.5. The quantitative estimate of drug-likeness (QED) is 0.245. The van der Waals surface area contributed by atoms with Gasteiger partial charge >= 0.3 is 17.8 Å². The number of nitrogens with zero attached hydrogens (tertiary/aromatic N) is 2. The Kier molecular flexibility index (Phi) is 7.62. The summed E-state index contributed by atoms with van der Waals surface area (Å²) in [5, 5.41) is 19.3. The van der Waals surface area contributed by atoms with Crippen LogP contribution in [0, 0.1) is 21.4 Å². The summed E-state index contributed by atoms with van der Waals surface area (Å²) in [6.07, 6.45) is -6.34. The number of alkyl halides is 3. The lowest BCUT2D eigenvalue weighted by Crippen LogP contribution is -2.31. The Labute approximate surface area is 177 Å². The summed E-state index contributed by atoms with van der Waals surface area (Å²) in [4.78, 5) is 22.3. The average molecular weight is 461 g/mol. The highest BCUT2D eigenvalue weighted by Crippen LogP contribution is 2.38. The minimum absolute atomic E-state index is 0.0949. The summed E-state index contributed by atoms with van der Waals surface area (Å²) in [5.74, 6) is -1.84. The molecule has 0 N–H and O–H groups in total. The van der Waals surface area contributed by atoms with Gasteiger partial charge in [0.2, 0.25) is 5.75 Å². The van der Waals surface area contributed by atoms with Gasteiger partial charge in [0.1, 0.15) is 17.6 Å². The molecular formula is C18H12ClF3N2O7. The maximum Gasteiger partial charge on any atom is 0.416 e. The predicted octanol–water partition coefficient (Wildman–Crippen LogP) is 4.48. The van der Waals surface area contributed by atoms with E-state index < -0.39 is 47.0 Å². The second-order valence-corrected chi connectivity index (χ2v) is 5.99. The van der Waals surface area contributed by atoms with Gasteiger partial charge in [-0.25, -0.2) is 4.79 Å². The molecule has 0 spiro atoms. The maximum atomic E-state index is 12.8. The number of hydrogen-bond acceptors (Lipinski definition) is 8. The van der Waals surface area contributed by atoms with E-state index >= 15 is 0 Å². The molecule has 0 saturated carbocycles. The molecule has 0 radical (unpaired) electrons. The van der Waals surface area contributed by atoms with Crippen molar-refractivity contribution in [3.05, 3.63) is 57.1 Å². The third-order valence-electron chi connectivity index (χ3n) is 3.53. The Morgan fingerprint density at radius 1 is 1.26 bits per heavy atom. The van der Waals surface area contributed by atoms with Gasteiger partial charge in [-0.3, -0.25) is 10.1 Å². The van der Waals surface area contributed by atoms with E-state index in [2.05, 4.69) is 4.74 Å². The van der Waals surface area contributed by atoms with E-state index in [-0.39, 0.29) is 16.5 Å². The SMILES string of the molecule is COC(Oc1cc(Oc2ccc(C(F)(F)F)cc2Cl)ccc1[N+](=O)[O-])C(=O)OCC#N. The van der Waals surface area contributed by atoms with Crippen molar-refractivity contribution in [2.24, 2.45) is 0 Å². The molecule has 0 amide bonds. The molecule has 0 heterocycles. The number of benzene rings is 2. The molecule has 0 aliphatic carbocycles. The summed E-state index contributed by atoms with van der Waals surface area (Å²) in [7, 11) is 1.06. The molecule has 1 unspecified atom stereocenters. The van der Waals surface area contributed by atoms with Gasteiger partial charge in [0.15, 0.2) is 6.61 Å². The van der Waals surface area contributed by atoms with E-state index in [1.54, 1.807) is 6.07 Å². The number of esters is 1. The van der Waals surface area contributed by atoms with Crippen molar-refractivity contribution in [2.45, 2.75) is 12.5 Å². The first-order chi connectivity index (χ1) is 14.6. The molecule has 0 fully saturated rings. The number of rotatable bonds is 8. The molecule has 164 valence electrons. The number of carbonyl (C=O) groups excluding carboxylic acids is 1. The highest BCUT2D eigenvalue weighted by molar-refractivity contribution is 6.32. The third-order valence-corrected chi connectivity index (χ3v) is 3.83. The van der Waals surface area contributed by atoms with Crippen LogP contribution in [0.25, 0.3) is 0 Å². The maximum absolute atomic E-state index is 12.8. The zero-order valence-electron chi connectivity index (χ0n) is 15.5. The number of nitro benzene ring substituents is 1. The number of nitro groups is 1. The van der Waals surface area contributed by atoms with Crippen LogP contribution < -0.4 is 9.47 Å². The van der Waals surface area contributed by atoms with Crippen LogP contribution in [0.5, 0.6) is 17.2 Å². The van der Waals surface area contributed by atoms with Crippen molar-refractivity contribution in [1.29, 1.82) is 5.26 Å². The first kappa shape index (κ1) is 23.7. The molecule has 1 atom stereocenters. The molecule has 0 bridgehead atoms. The predicted molar refractivity (Wildman–Crippen MR) is 97.6 cm³/mol. The molecule has 0 aliphatic heterocycles. The fourth-order valence-electron chi connectivity index (χ4n) is 2.17. The van der Waals surface area contributed by atoms with Crippen molar-refractivity contribution in [1.82, 2.24) is 0 Å². The topological polar surface area (TPSA) is 121 Å². The van der Waals surface area contributed by atoms with E-state index in [4.69, 9.17) is 31.1 Å². The second kappa shape index (κ2) is 9.96. The van der Waals surface area contributed by atoms with Gasteiger partial charge in [0, 0.05) is 19.2 Å². The number of carbonyl (C=O) groups is 1. The molecule has 0 aliphatic rings. The third kappa shape index (κ3) is 6.21. The fourth-order valence-corrected chi connectivity index (χ4v) is 2.39. The normalized spacial score (nSPS) is 11.9. The average Bonchev–Trinajstić information content (AvgIpc) is 2.70. The monoisotopic (exact) mass is 460 g/mol. The minimum atomic E-state index is -4.61. The molecular weight excluding hydrogens is 449 g/mol. The molecule has 13 heteroatoms. The zero-order valence-corrected chi connectivity index (χ0v) is 16.3. The Morgan fingerprint density at radius 2 is 1.97 bits per heavy atom. The number of nitriles is 1. The van der Waals surface area contributed by atoms with Crippen LogP contribution in [0.1, 0.15) is 5.56 Å². The molecule has 31 heavy (non-hydrogen) atoms. The molecule has 2 aromatic rings. The first-order valence-electron chi connectivity index (χ1n) is 8.13. The second-order valence-electron chi connectivity index (χ2n) is 5.58. The minimum Gasteiger partial charge on any atom is -0.456 e. The van der Waals surface area contributed by atoms with Crippen LogP contribution in [-0.4, -0.2) is 30.9 Å². The Balaban J connectivity index is 2.32. The lowest BCUT2D eigenvalue weighted by atomic mass is 10.2. The van der Waals surface area contributed by atoms with Crippen LogP contribution in [0.2, 0.25) is 5.02 Å². The molecule has 9 nitrogen and oxygen atoms in total. The fraction of sp³-hybridized carbons (Fsp3) is 0.222. The summed E-state index contributed by atoms with van der Waals surface area (Å²) in [6.45, 7) is -0.598. The van der Waals surface area contributed by atoms with Gasteiger partial charge in [0.05, 0.1) is 15.5 Å². The number of methoxy groups -OCH3 is 1. The van der Waals surface area contributed by atoms with Crippen LogP contribution in [0.4, 0.5) is 18.9 Å². The summed E-state index contributed by atoms with van der Waals surface area (Å²) in [5.41, 5.74) is -1.56. The van der Waals surface area contributed by atoms with E-state index in [9.17, 15) is 28.1 Å². The van der Waals surface area contributed by atoms with E-state index in [1.165, 1.54) is 0 Å². The van der Waals surface area contributed by atoms with E-state index in [0.29, 0.717) is 6.07 Å². The van der Waals surface area contributed by atoms with Crippen LogP contribution in [-0.2, 0) is 20.4 Å². The van der Waals surface area contributed by atoms with Gasteiger partial charge in [-0.2, -0.15) is 18.4 Å². The van der Waals surface area contributed by atoms with Crippen LogP contribution in [0.3, 0.4) is 0 Å². The number of halogens is 4. The van der Waals surface area contributed by atoms with Crippen LogP contribution >= 0.6 is 11.6 Å². The summed E-state index contributed by atoms with van der Waals surface area (Å²) in [6, 6.07) is 7.08. The first-order valence-corrected chi connectivity index (χ1v) is 8.50. The van der Waals surface area contributed by atoms with Gasteiger partial charge in [0.25, 0.3) is 6.29 Å². The lowest BCUT2D eigenvalue weighted by Gasteiger charge is -2.16. The Morgan fingerprint density at radius 3 is 2.52 bits per heavy atom. The number of hydrogen-bond donors (Lipinski definition) is 0. The number of ether oxygens (including phenoxy) is 4. The Hall–Kier alpha value is -3.56. The van der Waals surface area contributed by atoms with E-state index in [0.717, 1.165) is 37.4 Å². The van der Waals surface area contributed by atoms with Gasteiger partial charge in [-0.1, -0.05) is 11.6 Å². The van der Waals surface area contributed by atoms with Crippen LogP contribution in [0.15, 0.2) is 36.4 Å². The van der Waals surface area contributed by atoms with Gasteiger partial charge in [-0.15, -0.1) is 0 Å². The van der Waals surface area contributed by atoms with E-state index in [1.807, 2.05) is 0 Å². The van der Waals surface area contributed by atoms with Gasteiger partial charge in [-0.05, 0) is 24.3 Å². The van der Waals surface area contributed by atoms with Crippen molar-refractivity contribution in [2.75, 3.05) is 13.7 Å². The van der Waals surface area contributed by atoms with Crippen molar-refractivity contribution in [3.8, 4) is 23.3 Å². The molecule has 2 rings (SSSR count). The zero-order chi connectivity index (χ0) is 23.2. The summed E-state index contributed by atoms with van der Waals surface area (Å²) < 4.78 is 58.1. The molecule has 0 saturated heterocycles. The highest BCUT2D eigenvalue weighted by Gasteiger charge is 2.31. The standard InChI is InChI=1S/C18H12ClF3N2O7/c1-28-17(16(25)29-7-6-23)31-15-9-11(3-4-13(15)24(26)27)30-14-5-2-10(8-12(14)19)18(20,21)22/h2-5,8-9,17H,7H2,1H3. The van der Waals surface area contributed by atoms with Crippen molar-refractivity contribution >= 4 is 23.3 Å². The van der Waals surface area contributed by atoms with Crippen molar-refractivity contribution < 1.29 is 41.8 Å². The van der Waals surface area contributed by atoms with Gasteiger partial charge < -0.3 is 18.9 Å². The van der Waals surface area contributed by atoms with Crippen molar-refractivity contribution in [3.63, 3.8) is 0 Å². The molecule has 0 aromatic heterocycles. The molecule has 2 aromatic carbocycles.